The molecule has 0 bridgehead atoms. The normalized spacial score (nSPS) is 11.9. The summed E-state index contributed by atoms with van der Waals surface area (Å²) in [4.78, 5) is 0. The Morgan fingerprint density at radius 1 is 1.00 bits per heavy atom. The number of hydrogen-bond acceptors (Lipinski definition) is 1. The van der Waals surface area contributed by atoms with Crippen LogP contribution in [0.15, 0.2) is 22.6 Å². The van der Waals surface area contributed by atoms with Gasteiger partial charge in [0.1, 0.15) is 11.3 Å². The smallest absolute Gasteiger partial charge is 0.137 e. The molecule has 0 N–H and O–H groups in total. The van der Waals surface area contributed by atoms with Gasteiger partial charge in [0.05, 0.1) is 0 Å². The largest absolute Gasteiger partial charge is 0.461 e. The molecule has 0 amide bonds. The van der Waals surface area contributed by atoms with E-state index in [4.69, 9.17) is 4.42 Å². The molecule has 1 aromatic heterocycles. The van der Waals surface area contributed by atoms with Gasteiger partial charge in [0.2, 0.25) is 0 Å². The number of furan rings is 1. The molecule has 0 aliphatic heterocycles. The summed E-state index contributed by atoms with van der Waals surface area (Å²) in [5, 5.41) is 1.23. The fourth-order valence-corrected chi connectivity index (χ4v) is 2.19. The van der Waals surface area contributed by atoms with E-state index in [2.05, 4.69) is 52.8 Å². The molecule has 1 nitrogen and oxygen atoms in total. The average Bonchev–Trinajstić information content (AvgIpc) is 2.62. The molecule has 0 fully saturated rings. The summed E-state index contributed by atoms with van der Waals surface area (Å²) in [7, 11) is 0. The van der Waals surface area contributed by atoms with E-state index in [0.29, 0.717) is 11.8 Å². The molecule has 16 heavy (non-hydrogen) atoms. The number of rotatable bonds is 2. The highest BCUT2D eigenvalue weighted by Crippen LogP contribution is 2.31. The van der Waals surface area contributed by atoms with Gasteiger partial charge in [0, 0.05) is 11.3 Å². The highest BCUT2D eigenvalue weighted by molar-refractivity contribution is 5.82. The van der Waals surface area contributed by atoms with E-state index in [0.717, 1.165) is 11.3 Å². The topological polar surface area (TPSA) is 13.1 Å². The molecule has 2 aromatic rings. The van der Waals surface area contributed by atoms with Crippen molar-refractivity contribution in [2.75, 3.05) is 0 Å². The van der Waals surface area contributed by atoms with Crippen molar-refractivity contribution in [2.24, 2.45) is 0 Å². The fraction of sp³-hybridized carbons (Fsp3) is 0.467. The number of fused-ring (bicyclic) bond motifs is 1. The molecule has 1 heteroatoms. The van der Waals surface area contributed by atoms with Crippen LogP contribution in [0.5, 0.6) is 0 Å². The third kappa shape index (κ3) is 1.75. The molecular formula is C15H20O. The molecule has 2 rings (SSSR count). The number of hydrogen-bond donors (Lipinski definition) is 0. The van der Waals surface area contributed by atoms with E-state index < -0.39 is 0 Å². The lowest BCUT2D eigenvalue weighted by Crippen LogP contribution is -1.91. The molecule has 86 valence electrons. The fourth-order valence-electron chi connectivity index (χ4n) is 2.19. The van der Waals surface area contributed by atoms with E-state index in [1.54, 1.807) is 0 Å². The summed E-state index contributed by atoms with van der Waals surface area (Å²) in [6, 6.07) is 6.56. The van der Waals surface area contributed by atoms with Crippen LogP contribution < -0.4 is 0 Å². The molecule has 0 atom stereocenters. The lowest BCUT2D eigenvalue weighted by molar-refractivity contribution is 0.519. The van der Waals surface area contributed by atoms with Crippen LogP contribution >= 0.6 is 0 Å². The lowest BCUT2D eigenvalue weighted by Gasteiger charge is -2.09. The Morgan fingerprint density at radius 2 is 1.69 bits per heavy atom. The SMILES string of the molecule is Cc1c(C(C)C)ccc2cc(C(C)C)oc12. The molecule has 0 unspecified atom stereocenters. The van der Waals surface area contributed by atoms with Gasteiger partial charge in [-0.05, 0) is 30.0 Å². The van der Waals surface area contributed by atoms with Gasteiger partial charge >= 0.3 is 0 Å². The van der Waals surface area contributed by atoms with Gasteiger partial charge in [-0.1, -0.05) is 39.8 Å². The maximum atomic E-state index is 5.95. The van der Waals surface area contributed by atoms with Crippen molar-refractivity contribution in [2.45, 2.75) is 46.5 Å². The molecular weight excluding hydrogens is 196 g/mol. The van der Waals surface area contributed by atoms with E-state index in [-0.39, 0.29) is 0 Å². The van der Waals surface area contributed by atoms with Crippen molar-refractivity contribution in [3.8, 4) is 0 Å². The second-order valence-electron chi connectivity index (χ2n) is 5.16. The first-order valence-corrected chi connectivity index (χ1v) is 6.03. The third-order valence-electron chi connectivity index (χ3n) is 3.19. The Kier molecular flexibility index (Phi) is 2.79. The molecule has 1 heterocycles. The summed E-state index contributed by atoms with van der Waals surface area (Å²) in [5.74, 6) is 2.09. The maximum Gasteiger partial charge on any atom is 0.137 e. The van der Waals surface area contributed by atoms with Crippen LogP contribution in [0.1, 0.15) is 56.4 Å². The van der Waals surface area contributed by atoms with Crippen molar-refractivity contribution >= 4 is 11.0 Å². The summed E-state index contributed by atoms with van der Waals surface area (Å²) in [5.41, 5.74) is 3.74. The quantitative estimate of drug-likeness (QED) is 0.689. The van der Waals surface area contributed by atoms with Gasteiger partial charge in [-0.15, -0.1) is 0 Å². The van der Waals surface area contributed by atoms with Gasteiger partial charge in [-0.25, -0.2) is 0 Å². The monoisotopic (exact) mass is 216 g/mol. The van der Waals surface area contributed by atoms with Gasteiger partial charge in [-0.2, -0.15) is 0 Å². The van der Waals surface area contributed by atoms with Crippen molar-refractivity contribution in [1.82, 2.24) is 0 Å². The summed E-state index contributed by atoms with van der Waals surface area (Å²) in [6.45, 7) is 10.9. The zero-order valence-electron chi connectivity index (χ0n) is 10.8. The first kappa shape index (κ1) is 11.3. The number of benzene rings is 1. The minimum Gasteiger partial charge on any atom is -0.461 e. The molecule has 0 saturated heterocycles. The predicted molar refractivity (Wildman–Crippen MR) is 69.1 cm³/mol. The van der Waals surface area contributed by atoms with E-state index in [1.165, 1.54) is 16.5 Å². The van der Waals surface area contributed by atoms with Gasteiger partial charge in [0.15, 0.2) is 0 Å². The van der Waals surface area contributed by atoms with Crippen molar-refractivity contribution in [3.05, 3.63) is 35.1 Å². The number of aryl methyl sites for hydroxylation is 1. The van der Waals surface area contributed by atoms with Gasteiger partial charge < -0.3 is 4.42 Å². The average molecular weight is 216 g/mol. The molecule has 1 aromatic carbocycles. The van der Waals surface area contributed by atoms with Crippen molar-refractivity contribution in [1.29, 1.82) is 0 Å². The summed E-state index contributed by atoms with van der Waals surface area (Å²) >= 11 is 0. The minimum atomic E-state index is 0.453. The first-order valence-electron chi connectivity index (χ1n) is 6.03. The summed E-state index contributed by atoms with van der Waals surface area (Å²) < 4.78 is 5.95. The molecule has 0 aliphatic rings. The van der Waals surface area contributed by atoms with Crippen LogP contribution in [-0.2, 0) is 0 Å². The zero-order valence-corrected chi connectivity index (χ0v) is 10.8. The van der Waals surface area contributed by atoms with E-state index in [9.17, 15) is 0 Å². The Morgan fingerprint density at radius 3 is 2.25 bits per heavy atom. The molecule has 0 spiro atoms. The van der Waals surface area contributed by atoms with Crippen LogP contribution in [0, 0.1) is 6.92 Å². The second kappa shape index (κ2) is 3.97. The standard InChI is InChI=1S/C15H20O/c1-9(2)13-7-6-12-8-14(10(3)4)16-15(12)11(13)5/h6-10H,1-5H3. The molecule has 0 aliphatic carbocycles. The Balaban J connectivity index is 2.65. The lowest BCUT2D eigenvalue weighted by atomic mass is 9.96. The zero-order chi connectivity index (χ0) is 11.9. The first-order chi connectivity index (χ1) is 7.50. The molecule has 0 radical (unpaired) electrons. The van der Waals surface area contributed by atoms with Crippen LogP contribution in [0.3, 0.4) is 0 Å². The van der Waals surface area contributed by atoms with E-state index in [1.807, 2.05) is 0 Å². The third-order valence-corrected chi connectivity index (χ3v) is 3.19. The highest BCUT2D eigenvalue weighted by atomic mass is 16.3. The van der Waals surface area contributed by atoms with Gasteiger partial charge in [-0.3, -0.25) is 0 Å². The van der Waals surface area contributed by atoms with Gasteiger partial charge in [0.25, 0.3) is 0 Å². The maximum absolute atomic E-state index is 5.95. The van der Waals surface area contributed by atoms with Crippen LogP contribution in [0.25, 0.3) is 11.0 Å². The minimum absolute atomic E-state index is 0.453. The Labute approximate surface area is 97.5 Å². The second-order valence-corrected chi connectivity index (χ2v) is 5.16. The van der Waals surface area contributed by atoms with E-state index >= 15 is 0 Å². The Bertz CT molecular complexity index is 503. The van der Waals surface area contributed by atoms with Crippen molar-refractivity contribution < 1.29 is 4.42 Å². The van der Waals surface area contributed by atoms with Crippen LogP contribution in [-0.4, -0.2) is 0 Å². The highest BCUT2D eigenvalue weighted by Gasteiger charge is 2.12. The van der Waals surface area contributed by atoms with Crippen LogP contribution in [0.4, 0.5) is 0 Å². The van der Waals surface area contributed by atoms with Crippen molar-refractivity contribution in [3.63, 3.8) is 0 Å². The van der Waals surface area contributed by atoms with Crippen LogP contribution in [0.2, 0.25) is 0 Å². The summed E-state index contributed by atoms with van der Waals surface area (Å²) in [6.07, 6.45) is 0. The Hall–Kier alpha value is -1.24. The predicted octanol–water partition coefficient (Wildman–Crippen LogP) is 4.99. The molecule has 0 saturated carbocycles.